The molecule has 2 aromatic rings. The maximum Gasteiger partial charge on any atom is 0.244 e. The molecule has 1 aromatic carbocycles. The van der Waals surface area contributed by atoms with Gasteiger partial charge >= 0.3 is 0 Å². The van der Waals surface area contributed by atoms with Gasteiger partial charge in [0.2, 0.25) is 21.1 Å². The monoisotopic (exact) mass is 422 g/mol. The Bertz CT molecular complexity index is 921. The van der Waals surface area contributed by atoms with Gasteiger partial charge in [0, 0.05) is 12.5 Å². The minimum Gasteiger partial charge on any atom is -0.299 e. The summed E-state index contributed by atoms with van der Waals surface area (Å²) in [6.45, 7) is 6.43. The van der Waals surface area contributed by atoms with Crippen LogP contribution in [0.15, 0.2) is 29.2 Å². The van der Waals surface area contributed by atoms with Crippen LogP contribution in [0.25, 0.3) is 0 Å². The van der Waals surface area contributed by atoms with Crippen molar-refractivity contribution in [1.82, 2.24) is 14.5 Å². The van der Waals surface area contributed by atoms with E-state index in [1.807, 2.05) is 6.92 Å². The highest BCUT2D eigenvalue weighted by Crippen LogP contribution is 2.30. The highest BCUT2D eigenvalue weighted by Gasteiger charge is 2.39. The van der Waals surface area contributed by atoms with Gasteiger partial charge in [-0.05, 0) is 44.7 Å². The number of carbonyl (C=O) groups is 1. The molecular weight excluding hydrogens is 396 g/mol. The van der Waals surface area contributed by atoms with Crippen molar-refractivity contribution in [3.05, 3.63) is 34.8 Å². The number of aromatic nitrogens is 2. The van der Waals surface area contributed by atoms with Gasteiger partial charge in [-0.3, -0.25) is 10.1 Å². The number of carbonyl (C=O) groups excluding carboxylic acids is 1. The average Bonchev–Trinajstić information content (AvgIpc) is 3.33. The van der Waals surface area contributed by atoms with Crippen LogP contribution < -0.4 is 5.32 Å². The molecule has 152 valence electrons. The molecule has 28 heavy (non-hydrogen) atoms. The Labute approximate surface area is 170 Å². The molecule has 1 aromatic heterocycles. The first-order valence-corrected chi connectivity index (χ1v) is 11.8. The van der Waals surface area contributed by atoms with Crippen LogP contribution in [-0.4, -0.2) is 41.4 Å². The third-order valence-corrected chi connectivity index (χ3v) is 8.06. The lowest BCUT2D eigenvalue weighted by atomic mass is 10.1. The Morgan fingerprint density at radius 3 is 2.57 bits per heavy atom. The Balaban J connectivity index is 1.75. The summed E-state index contributed by atoms with van der Waals surface area (Å²) in [5.74, 6) is -0.0199. The first-order chi connectivity index (χ1) is 13.4. The second-order valence-corrected chi connectivity index (χ2v) is 9.93. The highest BCUT2D eigenvalue weighted by molar-refractivity contribution is 7.89. The molecule has 0 radical (unpaired) electrons. The topological polar surface area (TPSA) is 92.3 Å². The zero-order valence-electron chi connectivity index (χ0n) is 16.4. The summed E-state index contributed by atoms with van der Waals surface area (Å²) in [5.41, 5.74) is 0.985. The Kier molecular flexibility index (Phi) is 6.47. The summed E-state index contributed by atoms with van der Waals surface area (Å²) in [4.78, 5) is 13.0. The van der Waals surface area contributed by atoms with Crippen molar-refractivity contribution in [3.8, 4) is 0 Å². The van der Waals surface area contributed by atoms with Crippen LogP contribution in [0.1, 0.15) is 56.0 Å². The number of hydrogen-bond acceptors (Lipinski definition) is 6. The molecule has 1 atom stereocenters. The Hall–Kier alpha value is -1.84. The van der Waals surface area contributed by atoms with Gasteiger partial charge in [0.05, 0.1) is 4.90 Å². The van der Waals surface area contributed by atoms with Crippen molar-refractivity contribution in [2.75, 3.05) is 11.9 Å². The molecule has 1 aliphatic rings. The van der Waals surface area contributed by atoms with E-state index in [-0.39, 0.29) is 10.8 Å². The van der Waals surface area contributed by atoms with Gasteiger partial charge in [0.25, 0.3) is 0 Å². The van der Waals surface area contributed by atoms with Crippen molar-refractivity contribution < 1.29 is 13.2 Å². The maximum absolute atomic E-state index is 13.0. The van der Waals surface area contributed by atoms with Crippen LogP contribution in [0.5, 0.6) is 0 Å². The molecule has 1 saturated heterocycles. The number of nitrogens with one attached hydrogen (secondary N) is 1. The van der Waals surface area contributed by atoms with Gasteiger partial charge in [-0.1, -0.05) is 42.9 Å². The van der Waals surface area contributed by atoms with Crippen molar-refractivity contribution in [2.24, 2.45) is 0 Å². The van der Waals surface area contributed by atoms with Crippen LogP contribution in [0.3, 0.4) is 0 Å². The van der Waals surface area contributed by atoms with Crippen LogP contribution in [-0.2, 0) is 14.8 Å². The summed E-state index contributed by atoms with van der Waals surface area (Å²) in [6, 6.07) is 5.97. The minimum absolute atomic E-state index is 0.213. The quantitative estimate of drug-likeness (QED) is 0.737. The van der Waals surface area contributed by atoms with Crippen molar-refractivity contribution in [3.63, 3.8) is 0 Å². The van der Waals surface area contributed by atoms with E-state index in [0.717, 1.165) is 23.4 Å². The second-order valence-electron chi connectivity index (χ2n) is 7.03. The van der Waals surface area contributed by atoms with Gasteiger partial charge in [-0.25, -0.2) is 8.42 Å². The van der Waals surface area contributed by atoms with Crippen LogP contribution >= 0.6 is 11.3 Å². The summed E-state index contributed by atoms with van der Waals surface area (Å²) >= 11 is 1.36. The van der Waals surface area contributed by atoms with Gasteiger partial charge < -0.3 is 0 Å². The number of hydrogen-bond donors (Lipinski definition) is 1. The second kappa shape index (κ2) is 8.67. The molecule has 0 spiro atoms. The summed E-state index contributed by atoms with van der Waals surface area (Å²) in [5, 5.41) is 12.3. The van der Waals surface area contributed by atoms with E-state index >= 15 is 0 Å². The van der Waals surface area contributed by atoms with E-state index in [2.05, 4.69) is 29.4 Å². The van der Waals surface area contributed by atoms with Gasteiger partial charge in [0.1, 0.15) is 11.0 Å². The Morgan fingerprint density at radius 1 is 1.25 bits per heavy atom. The number of rotatable bonds is 7. The van der Waals surface area contributed by atoms with Crippen molar-refractivity contribution in [2.45, 2.75) is 63.3 Å². The average molecular weight is 423 g/mol. The molecule has 7 nitrogen and oxygen atoms in total. The van der Waals surface area contributed by atoms with Crippen LogP contribution in [0.4, 0.5) is 5.13 Å². The molecule has 0 aliphatic carbocycles. The van der Waals surface area contributed by atoms with Gasteiger partial charge in [-0.15, -0.1) is 10.2 Å². The lowest BCUT2D eigenvalue weighted by molar-refractivity contribution is -0.119. The standard InChI is InChI=1S/C19H26N4O3S2/c1-4-14(5-2)18-21-22-19(27-18)20-17(24)16-7-6-12-23(16)28(25,26)15-10-8-13(3)9-11-15/h8-11,14,16H,4-7,12H2,1-3H3,(H,20,22,24). The fourth-order valence-electron chi connectivity index (χ4n) is 3.41. The minimum atomic E-state index is -3.72. The summed E-state index contributed by atoms with van der Waals surface area (Å²) in [6.07, 6.45) is 3.07. The lowest BCUT2D eigenvalue weighted by Gasteiger charge is -2.23. The first kappa shape index (κ1) is 20.9. The predicted molar refractivity (Wildman–Crippen MR) is 110 cm³/mol. The normalized spacial score (nSPS) is 17.9. The van der Waals surface area contributed by atoms with E-state index in [0.29, 0.717) is 30.4 Å². The molecule has 9 heteroatoms. The zero-order chi connectivity index (χ0) is 20.3. The molecule has 1 fully saturated rings. The largest absolute Gasteiger partial charge is 0.299 e. The third-order valence-electron chi connectivity index (χ3n) is 5.14. The molecule has 3 rings (SSSR count). The molecule has 1 unspecified atom stereocenters. The summed E-state index contributed by atoms with van der Waals surface area (Å²) < 4.78 is 27.3. The number of nitrogens with zero attached hydrogens (tertiary/aromatic N) is 3. The van der Waals surface area contributed by atoms with E-state index in [4.69, 9.17) is 0 Å². The molecule has 1 amide bonds. The maximum atomic E-state index is 13.0. The van der Waals surface area contributed by atoms with Crippen LogP contribution in [0, 0.1) is 6.92 Å². The number of amides is 1. The fourth-order valence-corrected chi connectivity index (χ4v) is 6.08. The van der Waals surface area contributed by atoms with Crippen molar-refractivity contribution >= 4 is 32.4 Å². The zero-order valence-corrected chi connectivity index (χ0v) is 18.0. The smallest absolute Gasteiger partial charge is 0.244 e. The molecule has 0 bridgehead atoms. The fraction of sp³-hybridized carbons (Fsp3) is 0.526. The van der Waals surface area contributed by atoms with Crippen molar-refractivity contribution in [1.29, 1.82) is 0 Å². The number of anilines is 1. The SMILES string of the molecule is CCC(CC)c1nnc(NC(=O)C2CCCN2S(=O)(=O)c2ccc(C)cc2)s1. The van der Waals surface area contributed by atoms with E-state index < -0.39 is 16.1 Å². The molecule has 1 N–H and O–H groups in total. The molecule has 2 heterocycles. The molecule has 0 saturated carbocycles. The van der Waals surface area contributed by atoms with E-state index in [1.54, 1.807) is 24.3 Å². The van der Waals surface area contributed by atoms with E-state index in [1.165, 1.54) is 15.6 Å². The molecule has 1 aliphatic heterocycles. The van der Waals surface area contributed by atoms with E-state index in [9.17, 15) is 13.2 Å². The predicted octanol–water partition coefficient (Wildman–Crippen LogP) is 3.54. The first-order valence-electron chi connectivity index (χ1n) is 9.59. The van der Waals surface area contributed by atoms with Gasteiger partial charge in [-0.2, -0.15) is 4.31 Å². The lowest BCUT2D eigenvalue weighted by Crippen LogP contribution is -2.43. The number of sulfonamides is 1. The molecular formula is C19H26N4O3S2. The third kappa shape index (κ3) is 4.26. The van der Waals surface area contributed by atoms with Crippen LogP contribution in [0.2, 0.25) is 0 Å². The van der Waals surface area contributed by atoms with Gasteiger partial charge in [0.15, 0.2) is 0 Å². The Morgan fingerprint density at radius 2 is 1.93 bits per heavy atom. The number of aryl methyl sites for hydroxylation is 1. The summed E-state index contributed by atoms with van der Waals surface area (Å²) in [7, 11) is -3.72. The highest BCUT2D eigenvalue weighted by atomic mass is 32.2. The number of benzene rings is 1.